The van der Waals surface area contributed by atoms with Gasteiger partial charge in [-0.05, 0) is 32.0 Å². The van der Waals surface area contributed by atoms with E-state index in [-0.39, 0.29) is 0 Å². The van der Waals surface area contributed by atoms with Gasteiger partial charge in [-0.25, -0.2) is 15.8 Å². The first-order chi connectivity index (χ1) is 9.69. The predicted octanol–water partition coefficient (Wildman–Crippen LogP) is 1.82. The Labute approximate surface area is 116 Å². The monoisotopic (exact) mass is 272 g/mol. The molecule has 0 bridgehead atoms. The minimum atomic E-state index is 0.555. The highest BCUT2D eigenvalue weighted by atomic mass is 16.6. The Balaban J connectivity index is 2.07. The zero-order valence-corrected chi connectivity index (χ0v) is 11.4. The molecule has 0 saturated heterocycles. The zero-order chi connectivity index (χ0) is 14.1. The molecule has 0 spiro atoms. The van der Waals surface area contributed by atoms with E-state index in [1.54, 1.807) is 0 Å². The van der Waals surface area contributed by atoms with Crippen LogP contribution in [0.15, 0.2) is 18.2 Å². The number of rotatable bonds is 2. The highest BCUT2D eigenvalue weighted by Crippen LogP contribution is 2.34. The van der Waals surface area contributed by atoms with E-state index in [9.17, 15) is 0 Å². The number of aryl methyl sites for hydroxylation is 1. The van der Waals surface area contributed by atoms with Crippen LogP contribution in [0.1, 0.15) is 11.3 Å². The van der Waals surface area contributed by atoms with Gasteiger partial charge in [0.2, 0.25) is 0 Å². The minimum Gasteiger partial charge on any atom is -0.486 e. The third-order valence-electron chi connectivity index (χ3n) is 3.33. The van der Waals surface area contributed by atoms with Crippen LogP contribution in [0.4, 0.5) is 5.82 Å². The number of fused-ring (bicyclic) bond motifs is 1. The number of nitrogens with two attached hydrogens (primary N) is 1. The Morgan fingerprint density at radius 1 is 1.10 bits per heavy atom. The van der Waals surface area contributed by atoms with E-state index in [1.165, 1.54) is 0 Å². The van der Waals surface area contributed by atoms with Gasteiger partial charge in [-0.1, -0.05) is 0 Å². The molecule has 0 unspecified atom stereocenters. The van der Waals surface area contributed by atoms with Gasteiger partial charge in [-0.3, -0.25) is 0 Å². The lowest BCUT2D eigenvalue weighted by Gasteiger charge is -2.19. The van der Waals surface area contributed by atoms with Gasteiger partial charge in [0.25, 0.3) is 0 Å². The van der Waals surface area contributed by atoms with Gasteiger partial charge in [0, 0.05) is 16.8 Å². The highest BCUT2D eigenvalue weighted by Gasteiger charge is 2.15. The standard InChI is InChI=1S/C14H16N4O2/c1-8-9(2)16-14(17-13(8)18-15)10-3-4-11-12(7-10)20-6-5-19-11/h3-4,7H,5-6,15H2,1-2H3,(H,16,17,18). The van der Waals surface area contributed by atoms with Crippen molar-refractivity contribution in [2.45, 2.75) is 13.8 Å². The van der Waals surface area contributed by atoms with E-state index in [4.69, 9.17) is 15.3 Å². The fourth-order valence-electron chi connectivity index (χ4n) is 2.08. The molecule has 104 valence electrons. The van der Waals surface area contributed by atoms with Crippen LogP contribution in [0.5, 0.6) is 11.5 Å². The average molecular weight is 272 g/mol. The Hall–Kier alpha value is -2.34. The number of anilines is 1. The summed E-state index contributed by atoms with van der Waals surface area (Å²) in [6, 6.07) is 5.68. The summed E-state index contributed by atoms with van der Waals surface area (Å²) in [5, 5.41) is 0. The first kappa shape index (κ1) is 12.7. The number of nitrogens with zero attached hydrogens (tertiary/aromatic N) is 2. The Morgan fingerprint density at radius 3 is 2.60 bits per heavy atom. The first-order valence-electron chi connectivity index (χ1n) is 6.41. The van der Waals surface area contributed by atoms with Crippen molar-refractivity contribution in [2.24, 2.45) is 5.84 Å². The van der Waals surface area contributed by atoms with E-state index in [1.807, 2.05) is 32.0 Å². The van der Waals surface area contributed by atoms with Gasteiger partial charge < -0.3 is 14.9 Å². The lowest BCUT2D eigenvalue weighted by atomic mass is 10.1. The predicted molar refractivity (Wildman–Crippen MR) is 75.7 cm³/mol. The number of nitrogen functional groups attached to an aromatic ring is 1. The van der Waals surface area contributed by atoms with Crippen molar-refractivity contribution in [3.63, 3.8) is 0 Å². The SMILES string of the molecule is Cc1nc(-c2ccc3c(c2)OCCO3)nc(NN)c1C. The lowest BCUT2D eigenvalue weighted by molar-refractivity contribution is 0.171. The molecule has 0 atom stereocenters. The van der Waals surface area contributed by atoms with Crippen LogP contribution in [-0.4, -0.2) is 23.2 Å². The van der Waals surface area contributed by atoms with Crippen LogP contribution in [0.2, 0.25) is 0 Å². The second-order valence-corrected chi connectivity index (χ2v) is 4.61. The van der Waals surface area contributed by atoms with Crippen LogP contribution in [0.3, 0.4) is 0 Å². The number of hydrazine groups is 1. The molecule has 0 saturated carbocycles. The summed E-state index contributed by atoms with van der Waals surface area (Å²) in [4.78, 5) is 8.92. The molecule has 0 radical (unpaired) electrons. The summed E-state index contributed by atoms with van der Waals surface area (Å²) in [7, 11) is 0. The summed E-state index contributed by atoms with van der Waals surface area (Å²) >= 11 is 0. The molecule has 2 aromatic rings. The van der Waals surface area contributed by atoms with Crippen LogP contribution in [-0.2, 0) is 0 Å². The highest BCUT2D eigenvalue weighted by molar-refractivity contribution is 5.63. The molecule has 0 fully saturated rings. The van der Waals surface area contributed by atoms with E-state index in [2.05, 4.69) is 15.4 Å². The molecule has 0 aliphatic carbocycles. The largest absolute Gasteiger partial charge is 0.486 e. The van der Waals surface area contributed by atoms with E-state index in [0.29, 0.717) is 24.9 Å². The lowest BCUT2D eigenvalue weighted by Crippen LogP contribution is -2.15. The van der Waals surface area contributed by atoms with E-state index >= 15 is 0 Å². The van der Waals surface area contributed by atoms with Crippen molar-refractivity contribution in [3.05, 3.63) is 29.5 Å². The Bertz CT molecular complexity index is 658. The topological polar surface area (TPSA) is 82.3 Å². The molecular formula is C14H16N4O2. The number of hydrogen-bond acceptors (Lipinski definition) is 6. The van der Waals surface area contributed by atoms with E-state index < -0.39 is 0 Å². The molecule has 2 heterocycles. The quantitative estimate of drug-likeness (QED) is 0.641. The van der Waals surface area contributed by atoms with Crippen LogP contribution in [0, 0.1) is 13.8 Å². The Morgan fingerprint density at radius 2 is 1.85 bits per heavy atom. The maximum Gasteiger partial charge on any atom is 0.162 e. The van der Waals surface area contributed by atoms with E-state index in [0.717, 1.165) is 28.3 Å². The van der Waals surface area contributed by atoms with Gasteiger partial charge in [-0.15, -0.1) is 0 Å². The molecule has 3 N–H and O–H groups in total. The van der Waals surface area contributed by atoms with Crippen LogP contribution in [0.25, 0.3) is 11.4 Å². The molecule has 1 aliphatic heterocycles. The smallest absolute Gasteiger partial charge is 0.162 e. The van der Waals surface area contributed by atoms with Gasteiger partial charge >= 0.3 is 0 Å². The number of nitrogens with one attached hydrogen (secondary N) is 1. The Kier molecular flexibility index (Phi) is 3.15. The maximum atomic E-state index is 5.58. The molecular weight excluding hydrogens is 256 g/mol. The second-order valence-electron chi connectivity index (χ2n) is 4.61. The summed E-state index contributed by atoms with van der Waals surface area (Å²) < 4.78 is 11.1. The molecule has 3 rings (SSSR count). The molecule has 1 aliphatic rings. The molecule has 1 aromatic carbocycles. The normalized spacial score (nSPS) is 13.2. The van der Waals surface area contributed by atoms with Crippen molar-refractivity contribution in [1.82, 2.24) is 9.97 Å². The van der Waals surface area contributed by atoms with Crippen molar-refractivity contribution < 1.29 is 9.47 Å². The molecule has 6 nitrogen and oxygen atoms in total. The third kappa shape index (κ3) is 2.14. The summed E-state index contributed by atoms with van der Waals surface area (Å²) in [6.45, 7) is 4.99. The van der Waals surface area contributed by atoms with Gasteiger partial charge in [0.15, 0.2) is 17.3 Å². The number of ether oxygens (including phenoxy) is 2. The molecule has 0 amide bonds. The van der Waals surface area contributed by atoms with Crippen LogP contribution >= 0.6 is 0 Å². The number of aromatic nitrogens is 2. The van der Waals surface area contributed by atoms with Gasteiger partial charge in [0.05, 0.1) is 0 Å². The van der Waals surface area contributed by atoms with Gasteiger partial charge in [-0.2, -0.15) is 0 Å². The number of hydrogen-bond donors (Lipinski definition) is 2. The first-order valence-corrected chi connectivity index (χ1v) is 6.41. The minimum absolute atomic E-state index is 0.555. The van der Waals surface area contributed by atoms with Crippen molar-refractivity contribution in [3.8, 4) is 22.9 Å². The zero-order valence-electron chi connectivity index (χ0n) is 11.4. The summed E-state index contributed by atoms with van der Waals surface area (Å²) in [5.74, 6) is 8.20. The van der Waals surface area contributed by atoms with Crippen molar-refractivity contribution in [1.29, 1.82) is 0 Å². The molecule has 20 heavy (non-hydrogen) atoms. The third-order valence-corrected chi connectivity index (χ3v) is 3.33. The fourth-order valence-corrected chi connectivity index (χ4v) is 2.08. The fraction of sp³-hybridized carbons (Fsp3) is 0.286. The number of benzene rings is 1. The summed E-state index contributed by atoms with van der Waals surface area (Å²) in [5.41, 5.74) is 5.30. The average Bonchev–Trinajstić information content (AvgIpc) is 2.49. The molecule has 1 aromatic heterocycles. The van der Waals surface area contributed by atoms with Crippen LogP contribution < -0.4 is 20.7 Å². The van der Waals surface area contributed by atoms with Crippen molar-refractivity contribution >= 4 is 5.82 Å². The summed E-state index contributed by atoms with van der Waals surface area (Å²) in [6.07, 6.45) is 0. The maximum absolute atomic E-state index is 5.58. The van der Waals surface area contributed by atoms with Crippen molar-refractivity contribution in [2.75, 3.05) is 18.6 Å². The second kappa shape index (κ2) is 4.97. The van der Waals surface area contributed by atoms with Gasteiger partial charge in [0.1, 0.15) is 19.0 Å². The molecule has 6 heteroatoms.